The van der Waals surface area contributed by atoms with Crippen LogP contribution in [0.5, 0.6) is 0 Å². The van der Waals surface area contributed by atoms with Crippen LogP contribution in [0.2, 0.25) is 0 Å². The zero-order valence-electron chi connectivity index (χ0n) is 17.4. The van der Waals surface area contributed by atoms with Crippen LogP contribution in [-0.4, -0.2) is 66.8 Å². The highest BCUT2D eigenvalue weighted by Gasteiger charge is 2.20. The summed E-state index contributed by atoms with van der Waals surface area (Å²) in [5.41, 5.74) is 1.64. The predicted octanol–water partition coefficient (Wildman–Crippen LogP) is 1.70. The third-order valence-corrected chi connectivity index (χ3v) is 5.67. The predicted molar refractivity (Wildman–Crippen MR) is 115 cm³/mol. The van der Waals surface area contributed by atoms with E-state index in [1.165, 1.54) is 0 Å². The largest absolute Gasteiger partial charge is 0.378 e. The average molecular weight is 422 g/mol. The second-order valence-corrected chi connectivity index (χ2v) is 7.74. The number of aromatic nitrogens is 1. The summed E-state index contributed by atoms with van der Waals surface area (Å²) in [5, 5.41) is 13.2. The van der Waals surface area contributed by atoms with E-state index in [0.29, 0.717) is 39.5 Å². The normalized spacial score (nSPS) is 19.4. The van der Waals surface area contributed by atoms with Crippen molar-refractivity contribution in [3.8, 4) is 6.07 Å². The standard InChI is InChI=1S/C23H26N4O4/c24-13-17(23(29)25-14-19-4-3-9-31-19)12-18-15-27(21-6-2-1-5-20(18)21)16-22(28)26-7-10-30-11-8-26/h1-2,5-6,12,15,19H,3-4,7-11,14,16H2,(H,25,29)/b17-12+/t19-/m1/s1. The first-order chi connectivity index (χ1) is 15.2. The summed E-state index contributed by atoms with van der Waals surface area (Å²) in [6, 6.07) is 9.67. The second-order valence-electron chi connectivity index (χ2n) is 7.74. The first-order valence-corrected chi connectivity index (χ1v) is 10.6. The third kappa shape index (κ3) is 4.95. The van der Waals surface area contributed by atoms with E-state index < -0.39 is 5.91 Å². The molecule has 1 N–H and O–H groups in total. The van der Waals surface area contributed by atoms with Crippen LogP contribution in [-0.2, 0) is 25.6 Å². The molecule has 2 aliphatic rings. The lowest BCUT2D eigenvalue weighted by atomic mass is 10.1. The highest BCUT2D eigenvalue weighted by molar-refractivity contribution is 6.04. The molecule has 1 atom stereocenters. The SMILES string of the molecule is N#C/C(=C\c1cn(CC(=O)N2CCOCC2)c2ccccc12)C(=O)NC[C@H]1CCCO1. The lowest BCUT2D eigenvalue weighted by Crippen LogP contribution is -2.42. The first-order valence-electron chi connectivity index (χ1n) is 10.6. The first kappa shape index (κ1) is 21.1. The van der Waals surface area contributed by atoms with Gasteiger partial charge >= 0.3 is 0 Å². The van der Waals surface area contributed by atoms with Crippen molar-refractivity contribution in [2.24, 2.45) is 0 Å². The minimum Gasteiger partial charge on any atom is -0.378 e. The maximum absolute atomic E-state index is 12.7. The van der Waals surface area contributed by atoms with Gasteiger partial charge in [-0.2, -0.15) is 5.26 Å². The van der Waals surface area contributed by atoms with Crippen molar-refractivity contribution in [3.63, 3.8) is 0 Å². The van der Waals surface area contributed by atoms with Crippen LogP contribution >= 0.6 is 0 Å². The zero-order valence-corrected chi connectivity index (χ0v) is 17.4. The summed E-state index contributed by atoms with van der Waals surface area (Å²) >= 11 is 0. The quantitative estimate of drug-likeness (QED) is 0.565. The molecule has 1 aromatic heterocycles. The summed E-state index contributed by atoms with van der Waals surface area (Å²) in [7, 11) is 0. The second kappa shape index (κ2) is 9.77. The van der Waals surface area contributed by atoms with E-state index in [0.717, 1.165) is 29.3 Å². The molecule has 31 heavy (non-hydrogen) atoms. The number of para-hydroxylation sites is 1. The summed E-state index contributed by atoms with van der Waals surface area (Å²) in [5.74, 6) is -0.395. The van der Waals surface area contributed by atoms with Crippen molar-refractivity contribution >= 4 is 28.8 Å². The molecule has 2 amide bonds. The van der Waals surface area contributed by atoms with E-state index in [1.54, 1.807) is 11.0 Å². The molecule has 2 saturated heterocycles. The summed E-state index contributed by atoms with van der Waals surface area (Å²) < 4.78 is 12.7. The van der Waals surface area contributed by atoms with Crippen molar-refractivity contribution in [2.45, 2.75) is 25.5 Å². The van der Waals surface area contributed by atoms with Gasteiger partial charge in [0.15, 0.2) is 0 Å². The van der Waals surface area contributed by atoms with Gasteiger partial charge in [-0.25, -0.2) is 0 Å². The van der Waals surface area contributed by atoms with Crippen LogP contribution < -0.4 is 5.32 Å². The molecule has 0 unspecified atom stereocenters. The molecule has 2 aliphatic heterocycles. The van der Waals surface area contributed by atoms with Crippen molar-refractivity contribution in [2.75, 3.05) is 39.5 Å². The topological polar surface area (TPSA) is 96.6 Å². The Balaban J connectivity index is 1.54. The molecule has 8 nitrogen and oxygen atoms in total. The molecular formula is C23H26N4O4. The molecule has 1 aromatic carbocycles. The smallest absolute Gasteiger partial charge is 0.262 e. The van der Waals surface area contributed by atoms with Crippen LogP contribution in [0.3, 0.4) is 0 Å². The van der Waals surface area contributed by atoms with Gasteiger partial charge in [0.05, 0.1) is 19.3 Å². The summed E-state index contributed by atoms with van der Waals surface area (Å²) in [6.07, 6.45) is 5.33. The molecular weight excluding hydrogens is 396 g/mol. The molecule has 3 heterocycles. The molecule has 0 saturated carbocycles. The monoisotopic (exact) mass is 422 g/mol. The fourth-order valence-electron chi connectivity index (χ4n) is 3.99. The number of fused-ring (bicyclic) bond motifs is 1. The molecule has 0 radical (unpaired) electrons. The van der Waals surface area contributed by atoms with Crippen molar-refractivity contribution in [3.05, 3.63) is 41.6 Å². The van der Waals surface area contributed by atoms with Gasteiger partial charge in [0, 0.05) is 48.9 Å². The highest BCUT2D eigenvalue weighted by Crippen LogP contribution is 2.24. The number of carbonyl (C=O) groups is 2. The molecule has 0 bridgehead atoms. The molecule has 2 aromatic rings. The molecule has 0 spiro atoms. The van der Waals surface area contributed by atoms with Crippen LogP contribution in [0, 0.1) is 11.3 Å². The lowest BCUT2D eigenvalue weighted by Gasteiger charge is -2.27. The Labute approximate surface area is 181 Å². The Bertz CT molecular complexity index is 1020. The zero-order chi connectivity index (χ0) is 21.6. The van der Waals surface area contributed by atoms with Gasteiger partial charge in [0.2, 0.25) is 5.91 Å². The fraction of sp³-hybridized carbons (Fsp3) is 0.435. The number of rotatable bonds is 6. The van der Waals surface area contributed by atoms with Gasteiger partial charge in [-0.05, 0) is 25.0 Å². The number of nitrogens with zero attached hydrogens (tertiary/aromatic N) is 3. The Morgan fingerprint density at radius 3 is 2.77 bits per heavy atom. The van der Waals surface area contributed by atoms with Crippen LogP contribution in [0.25, 0.3) is 17.0 Å². The van der Waals surface area contributed by atoms with Gasteiger partial charge in [-0.3, -0.25) is 9.59 Å². The maximum atomic E-state index is 12.7. The molecule has 8 heteroatoms. The van der Waals surface area contributed by atoms with Crippen molar-refractivity contribution in [1.82, 2.24) is 14.8 Å². The Hall–Kier alpha value is -3.15. The van der Waals surface area contributed by atoms with Crippen LogP contribution in [0.4, 0.5) is 0 Å². The van der Waals surface area contributed by atoms with E-state index in [4.69, 9.17) is 9.47 Å². The Morgan fingerprint density at radius 1 is 1.23 bits per heavy atom. The lowest BCUT2D eigenvalue weighted by molar-refractivity contribution is -0.135. The minimum atomic E-state index is -0.417. The van der Waals surface area contributed by atoms with E-state index in [-0.39, 0.29) is 24.1 Å². The van der Waals surface area contributed by atoms with Gasteiger partial charge in [-0.1, -0.05) is 18.2 Å². The maximum Gasteiger partial charge on any atom is 0.262 e. The minimum absolute atomic E-state index is 0.0111. The number of benzene rings is 1. The number of nitriles is 1. The Morgan fingerprint density at radius 2 is 2.03 bits per heavy atom. The number of morpholine rings is 1. The van der Waals surface area contributed by atoms with Gasteiger partial charge in [0.1, 0.15) is 18.2 Å². The number of nitrogens with one attached hydrogen (secondary N) is 1. The van der Waals surface area contributed by atoms with Crippen LogP contribution in [0.1, 0.15) is 18.4 Å². The average Bonchev–Trinajstić information content (AvgIpc) is 3.45. The molecule has 0 aliphatic carbocycles. The van der Waals surface area contributed by atoms with E-state index in [1.807, 2.05) is 41.1 Å². The van der Waals surface area contributed by atoms with Gasteiger partial charge in [-0.15, -0.1) is 0 Å². The van der Waals surface area contributed by atoms with E-state index in [2.05, 4.69) is 5.32 Å². The van der Waals surface area contributed by atoms with E-state index >= 15 is 0 Å². The summed E-state index contributed by atoms with van der Waals surface area (Å²) in [6.45, 7) is 3.60. The van der Waals surface area contributed by atoms with Crippen molar-refractivity contribution < 1.29 is 19.1 Å². The number of hydrogen-bond acceptors (Lipinski definition) is 5. The van der Waals surface area contributed by atoms with Gasteiger partial charge in [0.25, 0.3) is 5.91 Å². The Kier molecular flexibility index (Phi) is 6.65. The number of ether oxygens (including phenoxy) is 2. The molecule has 2 fully saturated rings. The third-order valence-electron chi connectivity index (χ3n) is 5.67. The highest BCUT2D eigenvalue weighted by atomic mass is 16.5. The molecule has 162 valence electrons. The summed E-state index contributed by atoms with van der Waals surface area (Å²) in [4.78, 5) is 27.0. The number of amides is 2. The number of hydrogen-bond donors (Lipinski definition) is 1. The van der Waals surface area contributed by atoms with Crippen LogP contribution in [0.15, 0.2) is 36.0 Å². The number of carbonyl (C=O) groups excluding carboxylic acids is 2. The van der Waals surface area contributed by atoms with Gasteiger partial charge < -0.3 is 24.3 Å². The van der Waals surface area contributed by atoms with Crippen molar-refractivity contribution in [1.29, 1.82) is 5.26 Å². The molecule has 4 rings (SSSR count). The van der Waals surface area contributed by atoms with E-state index in [9.17, 15) is 14.9 Å². The fourth-order valence-corrected chi connectivity index (χ4v) is 3.99.